The minimum Gasteiger partial charge on any atom is -0.370 e. The average Bonchev–Trinajstić information content (AvgIpc) is 3.73. The maximum Gasteiger partial charge on any atom is 0.228 e. The SMILES string of the molecule is Cc1sc2c(c1C)C(c1ccc(Cl)cc1)=N[C@@H](CC(=O)NCCCCCNc1ccc(-c3ccc4c(c3)CC(=O)N4)cn1)c1nnc(C)n1-2.S. The zero-order valence-corrected chi connectivity index (χ0v) is 30.7. The number of hydrogen-bond acceptors (Lipinski definition) is 8. The van der Waals surface area contributed by atoms with Gasteiger partial charge < -0.3 is 16.0 Å². The highest BCUT2D eigenvalue weighted by molar-refractivity contribution is 7.59. The fraction of sp³-hybridized carbons (Fsp3) is 0.297. The number of thiophene rings is 1. The summed E-state index contributed by atoms with van der Waals surface area (Å²) in [5, 5.41) is 19.9. The van der Waals surface area contributed by atoms with Gasteiger partial charge in [0.25, 0.3) is 0 Å². The van der Waals surface area contributed by atoms with Crippen LogP contribution in [-0.4, -0.2) is 50.4 Å². The molecule has 0 saturated heterocycles. The number of aryl methyl sites for hydroxylation is 2. The number of aliphatic imine (C=N–C) groups is 1. The molecule has 2 aliphatic rings. The molecule has 1 atom stereocenters. The van der Waals surface area contributed by atoms with Crippen molar-refractivity contribution in [1.29, 1.82) is 0 Å². The topological polar surface area (TPSA) is 126 Å². The van der Waals surface area contributed by atoms with E-state index in [0.717, 1.165) is 87.2 Å². The molecule has 0 fully saturated rings. The molecule has 5 heterocycles. The molecule has 13 heteroatoms. The van der Waals surface area contributed by atoms with E-state index in [1.807, 2.05) is 67.7 Å². The summed E-state index contributed by atoms with van der Waals surface area (Å²) >= 11 is 7.92. The molecule has 3 aromatic heterocycles. The molecule has 0 radical (unpaired) electrons. The van der Waals surface area contributed by atoms with Crippen LogP contribution in [0, 0.1) is 20.8 Å². The zero-order valence-electron chi connectivity index (χ0n) is 28.1. The molecule has 0 saturated carbocycles. The number of halogens is 1. The van der Waals surface area contributed by atoms with E-state index in [2.05, 4.69) is 49.5 Å². The summed E-state index contributed by atoms with van der Waals surface area (Å²) in [5.41, 5.74) is 7.96. The first-order chi connectivity index (χ1) is 23.7. The summed E-state index contributed by atoms with van der Waals surface area (Å²) < 4.78 is 2.06. The van der Waals surface area contributed by atoms with Gasteiger partial charge in [-0.2, -0.15) is 13.5 Å². The molecule has 3 N–H and O–H groups in total. The molecular weight excluding hydrogens is 688 g/mol. The number of pyridine rings is 1. The highest BCUT2D eigenvalue weighted by Crippen LogP contribution is 2.39. The van der Waals surface area contributed by atoms with Crippen molar-refractivity contribution < 1.29 is 9.59 Å². The lowest BCUT2D eigenvalue weighted by atomic mass is 9.99. The quantitative estimate of drug-likeness (QED) is 0.123. The van der Waals surface area contributed by atoms with E-state index in [0.29, 0.717) is 23.8 Å². The fourth-order valence-corrected chi connectivity index (χ4v) is 7.67. The summed E-state index contributed by atoms with van der Waals surface area (Å²) in [6, 6.07) is 17.2. The van der Waals surface area contributed by atoms with E-state index in [1.54, 1.807) is 11.3 Å². The smallest absolute Gasteiger partial charge is 0.228 e. The first kappa shape index (κ1) is 35.3. The number of nitrogens with one attached hydrogen (secondary N) is 3. The largest absolute Gasteiger partial charge is 0.370 e. The van der Waals surface area contributed by atoms with E-state index in [-0.39, 0.29) is 31.7 Å². The molecule has 2 amide bonds. The molecule has 0 bridgehead atoms. The second-order valence-electron chi connectivity index (χ2n) is 12.5. The van der Waals surface area contributed by atoms with E-state index in [1.165, 1.54) is 4.88 Å². The Morgan fingerprint density at radius 1 is 0.980 bits per heavy atom. The first-order valence-electron chi connectivity index (χ1n) is 16.5. The Morgan fingerprint density at radius 3 is 2.52 bits per heavy atom. The molecule has 2 aromatic carbocycles. The van der Waals surface area contributed by atoms with Crippen molar-refractivity contribution in [2.24, 2.45) is 4.99 Å². The highest BCUT2D eigenvalue weighted by atomic mass is 35.5. The normalized spacial score (nSPS) is 14.4. The lowest BCUT2D eigenvalue weighted by Gasteiger charge is -2.13. The van der Waals surface area contributed by atoms with Crippen LogP contribution < -0.4 is 16.0 Å². The minimum atomic E-state index is -0.488. The Balaban J connectivity index is 0.00000432. The van der Waals surface area contributed by atoms with Gasteiger partial charge in [-0.3, -0.25) is 19.1 Å². The first-order valence-corrected chi connectivity index (χ1v) is 17.7. The van der Waals surface area contributed by atoms with Gasteiger partial charge in [0.2, 0.25) is 11.8 Å². The maximum absolute atomic E-state index is 13.2. The van der Waals surface area contributed by atoms with Crippen molar-refractivity contribution in [1.82, 2.24) is 25.1 Å². The molecule has 2 aliphatic heterocycles. The van der Waals surface area contributed by atoms with Gasteiger partial charge in [-0.15, -0.1) is 21.5 Å². The summed E-state index contributed by atoms with van der Waals surface area (Å²) in [4.78, 5) is 35.9. The summed E-state index contributed by atoms with van der Waals surface area (Å²) in [5.74, 6) is 2.23. The number of anilines is 2. The number of nitrogens with zero attached hydrogens (tertiary/aromatic N) is 5. The number of carbonyl (C=O) groups is 2. The third-order valence-electron chi connectivity index (χ3n) is 9.04. The Morgan fingerprint density at radius 2 is 1.74 bits per heavy atom. The van der Waals surface area contributed by atoms with E-state index in [4.69, 9.17) is 16.6 Å². The van der Waals surface area contributed by atoms with Gasteiger partial charge in [0, 0.05) is 51.6 Å². The van der Waals surface area contributed by atoms with Crippen LogP contribution >= 0.6 is 36.4 Å². The summed E-state index contributed by atoms with van der Waals surface area (Å²) in [6.07, 6.45) is 5.22. The molecule has 10 nitrogen and oxygen atoms in total. The highest BCUT2D eigenvalue weighted by Gasteiger charge is 2.32. The van der Waals surface area contributed by atoms with Crippen LogP contribution in [0.25, 0.3) is 16.1 Å². The predicted molar refractivity (Wildman–Crippen MR) is 206 cm³/mol. The molecule has 50 heavy (non-hydrogen) atoms. The van der Waals surface area contributed by atoms with Gasteiger partial charge in [-0.25, -0.2) is 4.98 Å². The van der Waals surface area contributed by atoms with Gasteiger partial charge >= 0.3 is 0 Å². The third-order valence-corrected chi connectivity index (χ3v) is 10.5. The Hall–Kier alpha value is -4.52. The van der Waals surface area contributed by atoms with Crippen LogP contribution in [0.15, 0.2) is 65.8 Å². The number of benzene rings is 2. The minimum absolute atomic E-state index is 0. The van der Waals surface area contributed by atoms with Crippen molar-refractivity contribution in [3.63, 3.8) is 0 Å². The average molecular weight is 727 g/mol. The lowest BCUT2D eigenvalue weighted by Crippen LogP contribution is -2.26. The Bertz CT molecular complexity index is 2070. The monoisotopic (exact) mass is 726 g/mol. The molecule has 0 spiro atoms. The van der Waals surface area contributed by atoms with E-state index < -0.39 is 6.04 Å². The lowest BCUT2D eigenvalue weighted by molar-refractivity contribution is -0.121. The second-order valence-corrected chi connectivity index (χ2v) is 14.1. The van der Waals surface area contributed by atoms with Crippen molar-refractivity contribution in [2.75, 3.05) is 23.7 Å². The van der Waals surface area contributed by atoms with Gasteiger partial charge in [-0.1, -0.05) is 29.8 Å². The number of hydrogen-bond donors (Lipinski definition) is 3. The molecule has 5 aromatic rings. The van der Waals surface area contributed by atoms with Crippen molar-refractivity contribution in [3.05, 3.63) is 105 Å². The molecule has 258 valence electrons. The van der Waals surface area contributed by atoms with Crippen LogP contribution in [0.1, 0.15) is 70.5 Å². The predicted octanol–water partition coefficient (Wildman–Crippen LogP) is 7.26. The molecule has 0 unspecified atom stereocenters. The van der Waals surface area contributed by atoms with E-state index in [9.17, 15) is 9.59 Å². The number of rotatable bonds is 11. The van der Waals surface area contributed by atoms with Gasteiger partial charge in [0.05, 0.1) is 18.6 Å². The molecule has 0 aliphatic carbocycles. The maximum atomic E-state index is 13.2. The van der Waals surface area contributed by atoms with E-state index >= 15 is 0 Å². The standard InChI is InChI=1S/C37H37ClN8O2S.H2S/c1-21-22(2)49-37-34(21)35(24-7-11-28(38)12-8-24)43-30(36-45-44-23(3)46(36)37)19-32(47)40-16-6-4-5-15-39-31-14-10-26(20-41-31)25-9-13-29-27(17-25)18-33(48)42-29;/h7-14,17,20,30H,4-6,15-16,18-19H2,1-3H3,(H,39,41)(H,40,47)(H,42,48);1H2/t30-;/m0./s1. The second kappa shape index (κ2) is 15.2. The number of carbonyl (C=O) groups excluding carboxylic acids is 2. The number of aromatic nitrogens is 4. The van der Waals surface area contributed by atoms with Crippen molar-refractivity contribution in [2.45, 2.75) is 58.9 Å². The van der Waals surface area contributed by atoms with Crippen LogP contribution in [0.4, 0.5) is 11.5 Å². The summed E-state index contributed by atoms with van der Waals surface area (Å²) in [7, 11) is 0. The zero-order chi connectivity index (χ0) is 34.1. The van der Waals surface area contributed by atoms with Gasteiger partial charge in [0.15, 0.2) is 5.82 Å². The summed E-state index contributed by atoms with van der Waals surface area (Å²) in [6.45, 7) is 7.54. The Labute approximate surface area is 307 Å². The number of unbranched alkanes of at least 4 members (excludes halogenated alkanes) is 2. The van der Waals surface area contributed by atoms with Crippen molar-refractivity contribution in [3.8, 4) is 16.1 Å². The van der Waals surface area contributed by atoms with Gasteiger partial charge in [-0.05, 0) is 93.1 Å². The fourth-order valence-electron chi connectivity index (χ4n) is 6.33. The van der Waals surface area contributed by atoms with Gasteiger partial charge in [0.1, 0.15) is 22.7 Å². The number of amides is 2. The Kier molecular flexibility index (Phi) is 10.7. The third kappa shape index (κ3) is 7.33. The van der Waals surface area contributed by atoms with Crippen LogP contribution in [0.2, 0.25) is 5.02 Å². The van der Waals surface area contributed by atoms with Crippen LogP contribution in [-0.2, 0) is 16.0 Å². The van der Waals surface area contributed by atoms with Crippen LogP contribution in [0.3, 0.4) is 0 Å². The molecular formula is C37H39ClN8O2S2. The molecule has 7 rings (SSSR count). The number of fused-ring (bicyclic) bond motifs is 4. The van der Waals surface area contributed by atoms with Crippen molar-refractivity contribution >= 4 is 65.5 Å². The van der Waals surface area contributed by atoms with Crippen LogP contribution in [0.5, 0.6) is 0 Å².